The Kier molecular flexibility index (Phi) is 7.81. The summed E-state index contributed by atoms with van der Waals surface area (Å²) in [6, 6.07) is 11.0. The number of piperazine rings is 1. The van der Waals surface area contributed by atoms with E-state index < -0.39 is 11.7 Å². The zero-order chi connectivity index (χ0) is 29.1. The van der Waals surface area contributed by atoms with Crippen molar-refractivity contribution in [2.75, 3.05) is 60.9 Å². The van der Waals surface area contributed by atoms with Crippen LogP contribution in [0.2, 0.25) is 0 Å². The largest absolute Gasteiger partial charge is 0.416 e. The van der Waals surface area contributed by atoms with E-state index in [0.717, 1.165) is 50.4 Å². The van der Waals surface area contributed by atoms with Crippen LogP contribution in [0.5, 0.6) is 0 Å². The lowest BCUT2D eigenvalue weighted by molar-refractivity contribution is -0.137. The van der Waals surface area contributed by atoms with Crippen molar-refractivity contribution in [3.63, 3.8) is 0 Å². The van der Waals surface area contributed by atoms with Gasteiger partial charge in [0.25, 0.3) is 0 Å². The van der Waals surface area contributed by atoms with Gasteiger partial charge in [-0.3, -0.25) is 4.79 Å². The van der Waals surface area contributed by atoms with Gasteiger partial charge in [0.2, 0.25) is 11.9 Å². The number of anilines is 3. The van der Waals surface area contributed by atoms with Gasteiger partial charge in [-0.2, -0.15) is 23.1 Å². The van der Waals surface area contributed by atoms with Gasteiger partial charge in [0.05, 0.1) is 18.4 Å². The number of carbonyl (C=O) groups excluding carboxylic acids is 1. The van der Waals surface area contributed by atoms with Gasteiger partial charge in [0.15, 0.2) is 17.0 Å². The van der Waals surface area contributed by atoms with E-state index in [1.807, 2.05) is 27.7 Å². The van der Waals surface area contributed by atoms with Crippen LogP contribution in [-0.4, -0.2) is 81.1 Å². The van der Waals surface area contributed by atoms with Crippen LogP contribution < -0.4 is 15.1 Å². The molecule has 0 spiro atoms. The Morgan fingerprint density at radius 3 is 2.38 bits per heavy atom. The summed E-state index contributed by atoms with van der Waals surface area (Å²) in [5.74, 6) is 2.30. The van der Waals surface area contributed by atoms with E-state index in [1.54, 1.807) is 12.5 Å². The average Bonchev–Trinajstić information content (AvgIpc) is 3.61. The number of alkyl halides is 3. The lowest BCUT2D eigenvalue weighted by Gasteiger charge is -2.35. The second-order valence-electron chi connectivity index (χ2n) is 10.5. The minimum absolute atomic E-state index is 0.202. The highest BCUT2D eigenvalue weighted by atomic mass is 19.4. The molecular formula is C29H32F3N9O. The lowest BCUT2D eigenvalue weighted by Crippen LogP contribution is -2.47. The number of fused-ring (bicyclic) bond motifs is 1. The molecule has 2 aliphatic heterocycles. The number of benzene rings is 1. The summed E-state index contributed by atoms with van der Waals surface area (Å²) in [6.45, 7) is 5.33. The number of amides is 1. The van der Waals surface area contributed by atoms with Crippen LogP contribution in [0.25, 0.3) is 11.2 Å². The van der Waals surface area contributed by atoms with Gasteiger partial charge in [0.1, 0.15) is 5.82 Å². The molecule has 0 unspecified atom stereocenters. The van der Waals surface area contributed by atoms with E-state index in [0.29, 0.717) is 67.6 Å². The highest BCUT2D eigenvalue weighted by Gasteiger charge is 2.30. The molecule has 2 aliphatic rings. The van der Waals surface area contributed by atoms with Gasteiger partial charge in [-0.25, -0.2) is 9.97 Å². The maximum atomic E-state index is 13.1. The number of nitrogens with one attached hydrogen (secondary N) is 1. The summed E-state index contributed by atoms with van der Waals surface area (Å²) in [4.78, 5) is 37.0. The number of imidazole rings is 1. The van der Waals surface area contributed by atoms with E-state index in [9.17, 15) is 18.0 Å². The third-order valence-electron chi connectivity index (χ3n) is 7.69. The molecule has 1 N–H and O–H groups in total. The minimum atomic E-state index is -4.38. The molecule has 2 saturated heterocycles. The molecule has 13 heteroatoms. The molecule has 4 aromatic rings. The first-order valence-corrected chi connectivity index (χ1v) is 14.2. The SMILES string of the molecule is O=C1CCCN1CCCNc1nc(N2CCN(c3ccccn3)CC2)nc2c1ncn2Cc1ccc(C(F)(F)F)cc1. The van der Waals surface area contributed by atoms with E-state index in [2.05, 4.69) is 25.1 Å². The number of likely N-dealkylation sites (tertiary alicyclic amines) is 1. The maximum absolute atomic E-state index is 13.1. The third-order valence-corrected chi connectivity index (χ3v) is 7.69. The Labute approximate surface area is 241 Å². The normalized spacial score (nSPS) is 16.1. The second-order valence-corrected chi connectivity index (χ2v) is 10.5. The monoisotopic (exact) mass is 579 g/mol. The van der Waals surface area contributed by atoms with Crippen molar-refractivity contribution in [1.29, 1.82) is 0 Å². The van der Waals surface area contributed by atoms with E-state index in [1.165, 1.54) is 12.1 Å². The Bertz CT molecular complexity index is 1520. The Balaban J connectivity index is 1.22. The number of hydrogen-bond acceptors (Lipinski definition) is 8. The summed E-state index contributed by atoms with van der Waals surface area (Å²) < 4.78 is 41.0. The van der Waals surface area contributed by atoms with E-state index >= 15 is 0 Å². The third kappa shape index (κ3) is 6.09. The zero-order valence-corrected chi connectivity index (χ0v) is 23.1. The van der Waals surface area contributed by atoms with Crippen LogP contribution in [-0.2, 0) is 17.5 Å². The van der Waals surface area contributed by atoms with Gasteiger partial charge < -0.3 is 24.6 Å². The molecule has 0 bridgehead atoms. The quantitative estimate of drug-likeness (QED) is 0.297. The Morgan fingerprint density at radius 2 is 1.69 bits per heavy atom. The number of pyridine rings is 1. The van der Waals surface area contributed by atoms with Gasteiger partial charge >= 0.3 is 6.18 Å². The first-order chi connectivity index (χ1) is 20.3. The van der Waals surface area contributed by atoms with Crippen molar-refractivity contribution in [3.05, 3.63) is 66.1 Å². The van der Waals surface area contributed by atoms with Crippen LogP contribution in [0.3, 0.4) is 0 Å². The molecular weight excluding hydrogens is 547 g/mol. The van der Waals surface area contributed by atoms with Gasteiger partial charge in [-0.05, 0) is 42.7 Å². The number of nitrogens with zero attached hydrogens (tertiary/aromatic N) is 8. The summed E-state index contributed by atoms with van der Waals surface area (Å²) in [7, 11) is 0. The number of carbonyl (C=O) groups is 1. The molecule has 1 aromatic carbocycles. The molecule has 220 valence electrons. The molecule has 0 saturated carbocycles. The van der Waals surface area contributed by atoms with Crippen LogP contribution in [0.4, 0.5) is 30.8 Å². The fourth-order valence-corrected chi connectivity index (χ4v) is 5.40. The van der Waals surface area contributed by atoms with Crippen molar-refractivity contribution in [2.45, 2.75) is 32.0 Å². The smallest absolute Gasteiger partial charge is 0.368 e. The Hall–Kier alpha value is -4.42. The van der Waals surface area contributed by atoms with Gasteiger partial charge in [-0.15, -0.1) is 0 Å². The number of rotatable bonds is 9. The molecule has 0 atom stereocenters. The van der Waals surface area contributed by atoms with E-state index in [4.69, 9.17) is 9.97 Å². The standard InChI is InChI=1S/C29H32F3N9O/c30-29(31,32)22-9-7-21(8-10-22)19-41-20-35-25-26(34-12-4-14-39-13-3-6-24(39)42)36-28(37-27(25)41)40-17-15-38(16-18-40)23-5-1-2-11-33-23/h1-2,5,7-11,20H,3-4,6,12-19H2,(H,34,36,37). The fourth-order valence-electron chi connectivity index (χ4n) is 5.40. The van der Waals surface area contributed by atoms with Gasteiger partial charge in [-0.1, -0.05) is 18.2 Å². The number of halogens is 3. The molecule has 42 heavy (non-hydrogen) atoms. The molecule has 6 rings (SSSR count). The summed E-state index contributed by atoms with van der Waals surface area (Å²) in [6.07, 6.45) is 1.34. The molecule has 2 fully saturated rings. The molecule has 3 aromatic heterocycles. The van der Waals surface area contributed by atoms with Crippen molar-refractivity contribution < 1.29 is 18.0 Å². The van der Waals surface area contributed by atoms with Crippen LogP contribution in [0, 0.1) is 0 Å². The van der Waals surface area contributed by atoms with Crippen LogP contribution >= 0.6 is 0 Å². The van der Waals surface area contributed by atoms with Crippen LogP contribution in [0.15, 0.2) is 55.0 Å². The topological polar surface area (TPSA) is 95.3 Å². The first-order valence-electron chi connectivity index (χ1n) is 14.2. The number of aromatic nitrogens is 5. The minimum Gasteiger partial charge on any atom is -0.368 e. The van der Waals surface area contributed by atoms with Crippen molar-refractivity contribution in [3.8, 4) is 0 Å². The fraction of sp³-hybridized carbons (Fsp3) is 0.414. The Morgan fingerprint density at radius 1 is 0.905 bits per heavy atom. The molecule has 1 amide bonds. The highest BCUT2D eigenvalue weighted by Crippen LogP contribution is 2.30. The predicted octanol–water partition coefficient (Wildman–Crippen LogP) is 4.04. The molecule has 10 nitrogen and oxygen atoms in total. The maximum Gasteiger partial charge on any atom is 0.416 e. The molecule has 0 radical (unpaired) electrons. The first kappa shape index (κ1) is 27.7. The second kappa shape index (κ2) is 11.8. The van der Waals surface area contributed by atoms with Crippen LogP contribution in [0.1, 0.15) is 30.4 Å². The average molecular weight is 580 g/mol. The molecule has 5 heterocycles. The highest BCUT2D eigenvalue weighted by molar-refractivity contribution is 5.84. The number of hydrogen-bond donors (Lipinski definition) is 1. The molecule has 0 aliphatic carbocycles. The summed E-state index contributed by atoms with van der Waals surface area (Å²) in [5, 5.41) is 3.40. The van der Waals surface area contributed by atoms with Crippen molar-refractivity contribution in [1.82, 2.24) is 29.4 Å². The summed E-state index contributed by atoms with van der Waals surface area (Å²) in [5.41, 5.74) is 1.22. The predicted molar refractivity (Wildman–Crippen MR) is 153 cm³/mol. The van der Waals surface area contributed by atoms with E-state index in [-0.39, 0.29) is 5.91 Å². The lowest BCUT2D eigenvalue weighted by atomic mass is 10.1. The zero-order valence-electron chi connectivity index (χ0n) is 23.1. The van der Waals surface area contributed by atoms with Gasteiger partial charge in [0, 0.05) is 58.4 Å². The van der Waals surface area contributed by atoms with Crippen molar-refractivity contribution in [2.24, 2.45) is 0 Å². The summed E-state index contributed by atoms with van der Waals surface area (Å²) >= 11 is 0. The van der Waals surface area contributed by atoms with Crippen molar-refractivity contribution >= 4 is 34.7 Å².